The number of nitrogens with one attached hydrogen (secondary N) is 1. The van der Waals surface area contributed by atoms with Gasteiger partial charge < -0.3 is 5.32 Å². The van der Waals surface area contributed by atoms with Gasteiger partial charge >= 0.3 is 0 Å². The highest BCUT2D eigenvalue weighted by molar-refractivity contribution is 5.01. The van der Waals surface area contributed by atoms with Gasteiger partial charge in [0.1, 0.15) is 0 Å². The summed E-state index contributed by atoms with van der Waals surface area (Å²) in [5.41, 5.74) is 0.775. The molecule has 0 saturated heterocycles. The van der Waals surface area contributed by atoms with E-state index < -0.39 is 0 Å². The summed E-state index contributed by atoms with van der Waals surface area (Å²) in [7, 11) is 0. The molecule has 1 nitrogen and oxygen atoms in total. The maximum atomic E-state index is 4.11. The van der Waals surface area contributed by atoms with Crippen LogP contribution in [0.1, 0.15) is 79.1 Å². The first kappa shape index (κ1) is 13.4. The molecule has 1 heteroatoms. The molecule has 2 aliphatic carbocycles. The highest BCUT2D eigenvalue weighted by Crippen LogP contribution is 2.40. The van der Waals surface area contributed by atoms with Crippen LogP contribution >= 0.6 is 0 Å². The number of rotatable bonds is 2. The summed E-state index contributed by atoms with van der Waals surface area (Å²) in [6.07, 6.45) is 11.3. The van der Waals surface area contributed by atoms with Gasteiger partial charge in [-0.05, 0) is 51.4 Å². The lowest BCUT2D eigenvalue weighted by atomic mass is 9.69. The molecule has 2 saturated carbocycles. The average Bonchev–Trinajstić information content (AvgIpc) is 2.27. The van der Waals surface area contributed by atoms with E-state index in [2.05, 4.69) is 33.0 Å². The Balaban J connectivity index is 2.07. The first-order valence-corrected chi connectivity index (χ1v) is 7.76. The molecular formula is C16H31N. The maximum absolute atomic E-state index is 4.11. The molecule has 0 heterocycles. The second-order valence-corrected chi connectivity index (χ2v) is 7.25. The van der Waals surface area contributed by atoms with Crippen molar-refractivity contribution in [3.8, 4) is 0 Å². The van der Waals surface area contributed by atoms with E-state index >= 15 is 0 Å². The minimum atomic E-state index is 0.387. The quantitative estimate of drug-likeness (QED) is 0.745. The summed E-state index contributed by atoms with van der Waals surface area (Å²) in [6.45, 7) is 9.85. The zero-order valence-electron chi connectivity index (χ0n) is 12.3. The van der Waals surface area contributed by atoms with Crippen LogP contribution in [0.15, 0.2) is 0 Å². The predicted octanol–water partition coefficient (Wildman–Crippen LogP) is 4.51. The fraction of sp³-hybridized carbons (Fsp3) is 1.00. The van der Waals surface area contributed by atoms with Crippen molar-refractivity contribution in [2.24, 2.45) is 11.8 Å². The lowest BCUT2D eigenvalue weighted by molar-refractivity contribution is 0.0714. The Morgan fingerprint density at radius 3 is 1.53 bits per heavy atom. The largest absolute Gasteiger partial charge is 0.306 e. The fourth-order valence-electron chi connectivity index (χ4n) is 4.04. The van der Waals surface area contributed by atoms with Crippen molar-refractivity contribution in [3.05, 3.63) is 0 Å². The third-order valence-electron chi connectivity index (χ3n) is 5.91. The SMILES string of the molecule is CC1CCCCC1(C)NC1(C)CCCCC1C. The van der Waals surface area contributed by atoms with Gasteiger partial charge in [-0.3, -0.25) is 0 Å². The van der Waals surface area contributed by atoms with Gasteiger partial charge in [0, 0.05) is 11.1 Å². The zero-order valence-corrected chi connectivity index (χ0v) is 12.3. The Kier molecular flexibility index (Phi) is 3.87. The minimum absolute atomic E-state index is 0.387. The molecule has 2 aliphatic rings. The van der Waals surface area contributed by atoms with Crippen molar-refractivity contribution in [1.82, 2.24) is 5.32 Å². The summed E-state index contributed by atoms with van der Waals surface area (Å²) in [4.78, 5) is 0. The second kappa shape index (κ2) is 4.91. The van der Waals surface area contributed by atoms with E-state index in [9.17, 15) is 0 Å². The summed E-state index contributed by atoms with van der Waals surface area (Å²) in [6, 6.07) is 0. The van der Waals surface area contributed by atoms with Crippen LogP contribution in [0.5, 0.6) is 0 Å². The third-order valence-corrected chi connectivity index (χ3v) is 5.91. The molecule has 17 heavy (non-hydrogen) atoms. The van der Waals surface area contributed by atoms with E-state index in [0.29, 0.717) is 11.1 Å². The Labute approximate surface area is 108 Å². The molecule has 0 radical (unpaired) electrons. The second-order valence-electron chi connectivity index (χ2n) is 7.25. The van der Waals surface area contributed by atoms with E-state index in [1.165, 1.54) is 51.4 Å². The zero-order chi connectivity index (χ0) is 12.5. The standard InChI is InChI=1S/C16H31N/c1-13-9-5-7-11-15(13,3)17-16(4)12-8-6-10-14(16)2/h13-14,17H,5-12H2,1-4H3. The van der Waals surface area contributed by atoms with Crippen LogP contribution in [0.25, 0.3) is 0 Å². The highest BCUT2D eigenvalue weighted by Gasteiger charge is 2.42. The van der Waals surface area contributed by atoms with Gasteiger partial charge in [0.2, 0.25) is 0 Å². The molecule has 0 amide bonds. The predicted molar refractivity (Wildman–Crippen MR) is 75.2 cm³/mol. The Morgan fingerprint density at radius 1 is 0.765 bits per heavy atom. The van der Waals surface area contributed by atoms with Crippen LogP contribution in [0, 0.1) is 11.8 Å². The van der Waals surface area contributed by atoms with Gasteiger partial charge in [-0.1, -0.05) is 39.5 Å². The molecule has 100 valence electrons. The molecule has 2 rings (SSSR count). The van der Waals surface area contributed by atoms with Gasteiger partial charge in [-0.25, -0.2) is 0 Å². The Morgan fingerprint density at radius 2 is 1.18 bits per heavy atom. The van der Waals surface area contributed by atoms with Crippen LogP contribution in [-0.2, 0) is 0 Å². The molecule has 0 aromatic rings. The topological polar surface area (TPSA) is 12.0 Å². The van der Waals surface area contributed by atoms with E-state index in [1.807, 2.05) is 0 Å². The van der Waals surface area contributed by atoms with Gasteiger partial charge in [0.25, 0.3) is 0 Å². The van der Waals surface area contributed by atoms with Gasteiger partial charge in [0.15, 0.2) is 0 Å². The Hall–Kier alpha value is -0.0400. The molecule has 4 unspecified atom stereocenters. The van der Waals surface area contributed by atoms with E-state index in [4.69, 9.17) is 0 Å². The monoisotopic (exact) mass is 237 g/mol. The fourth-order valence-corrected chi connectivity index (χ4v) is 4.04. The van der Waals surface area contributed by atoms with Crippen molar-refractivity contribution in [1.29, 1.82) is 0 Å². The maximum Gasteiger partial charge on any atom is 0.0184 e. The normalized spacial score (nSPS) is 48.0. The third kappa shape index (κ3) is 2.70. The van der Waals surface area contributed by atoms with Crippen molar-refractivity contribution >= 4 is 0 Å². The van der Waals surface area contributed by atoms with Crippen molar-refractivity contribution in [3.63, 3.8) is 0 Å². The summed E-state index contributed by atoms with van der Waals surface area (Å²) in [5.74, 6) is 1.67. The van der Waals surface area contributed by atoms with Crippen LogP contribution in [0.3, 0.4) is 0 Å². The summed E-state index contributed by atoms with van der Waals surface area (Å²) in [5, 5.41) is 4.11. The molecule has 0 aromatic heterocycles. The van der Waals surface area contributed by atoms with E-state index in [1.54, 1.807) is 0 Å². The lowest BCUT2D eigenvalue weighted by Gasteiger charge is -2.51. The summed E-state index contributed by atoms with van der Waals surface area (Å²) >= 11 is 0. The molecule has 2 fully saturated rings. The van der Waals surface area contributed by atoms with Crippen molar-refractivity contribution in [2.45, 2.75) is 90.1 Å². The van der Waals surface area contributed by atoms with E-state index in [-0.39, 0.29) is 0 Å². The highest BCUT2D eigenvalue weighted by atomic mass is 15.1. The average molecular weight is 237 g/mol. The summed E-state index contributed by atoms with van der Waals surface area (Å²) < 4.78 is 0. The number of hydrogen-bond acceptors (Lipinski definition) is 1. The molecule has 0 aromatic carbocycles. The molecule has 0 spiro atoms. The van der Waals surface area contributed by atoms with Crippen LogP contribution in [0.2, 0.25) is 0 Å². The first-order chi connectivity index (χ1) is 7.96. The van der Waals surface area contributed by atoms with Gasteiger partial charge in [-0.15, -0.1) is 0 Å². The lowest BCUT2D eigenvalue weighted by Crippen LogP contribution is -2.62. The van der Waals surface area contributed by atoms with Crippen LogP contribution in [-0.4, -0.2) is 11.1 Å². The Bertz CT molecular complexity index is 236. The van der Waals surface area contributed by atoms with E-state index in [0.717, 1.165) is 11.8 Å². The van der Waals surface area contributed by atoms with Crippen molar-refractivity contribution in [2.75, 3.05) is 0 Å². The smallest absolute Gasteiger partial charge is 0.0184 e. The van der Waals surface area contributed by atoms with Crippen molar-refractivity contribution < 1.29 is 0 Å². The van der Waals surface area contributed by atoms with Crippen LogP contribution < -0.4 is 5.32 Å². The molecule has 0 aliphatic heterocycles. The molecular weight excluding hydrogens is 206 g/mol. The minimum Gasteiger partial charge on any atom is -0.306 e. The van der Waals surface area contributed by atoms with Gasteiger partial charge in [0.05, 0.1) is 0 Å². The van der Waals surface area contributed by atoms with Crippen LogP contribution in [0.4, 0.5) is 0 Å². The molecule has 4 atom stereocenters. The molecule has 1 N–H and O–H groups in total. The first-order valence-electron chi connectivity index (χ1n) is 7.76. The number of hydrogen-bond donors (Lipinski definition) is 1. The molecule has 0 bridgehead atoms. The van der Waals surface area contributed by atoms with Gasteiger partial charge in [-0.2, -0.15) is 0 Å².